The van der Waals surface area contributed by atoms with E-state index in [1.165, 1.54) is 6.07 Å². The highest BCUT2D eigenvalue weighted by Gasteiger charge is 2.24. The lowest BCUT2D eigenvalue weighted by Crippen LogP contribution is -2.40. The molecule has 2 unspecified atom stereocenters. The Hall–Kier alpha value is -0.930. The first kappa shape index (κ1) is 15.1. The van der Waals surface area contributed by atoms with E-state index >= 15 is 0 Å². The Morgan fingerprint density at radius 1 is 1.33 bits per heavy atom. The van der Waals surface area contributed by atoms with Crippen molar-refractivity contribution in [1.29, 1.82) is 0 Å². The SMILES string of the molecule is CCC(C)N(CC)C(CN)c1cc(C)ccc1F. The van der Waals surface area contributed by atoms with Crippen LogP contribution in [-0.4, -0.2) is 24.0 Å². The first-order valence-corrected chi connectivity index (χ1v) is 6.76. The third-order valence-electron chi connectivity index (χ3n) is 3.66. The Kier molecular flexibility index (Phi) is 5.76. The van der Waals surface area contributed by atoms with E-state index in [-0.39, 0.29) is 11.9 Å². The maximum atomic E-state index is 14.0. The molecule has 0 spiro atoms. The third kappa shape index (κ3) is 3.30. The van der Waals surface area contributed by atoms with Gasteiger partial charge < -0.3 is 5.73 Å². The zero-order valence-electron chi connectivity index (χ0n) is 11.9. The first-order chi connectivity index (χ1) is 8.54. The van der Waals surface area contributed by atoms with Crippen LogP contribution in [0.4, 0.5) is 4.39 Å². The topological polar surface area (TPSA) is 29.3 Å². The Labute approximate surface area is 110 Å². The summed E-state index contributed by atoms with van der Waals surface area (Å²) in [7, 11) is 0. The molecular weight excluding hydrogens is 227 g/mol. The summed E-state index contributed by atoms with van der Waals surface area (Å²) in [5.41, 5.74) is 7.68. The largest absolute Gasteiger partial charge is 0.329 e. The van der Waals surface area contributed by atoms with Crippen molar-refractivity contribution in [3.05, 3.63) is 35.1 Å². The van der Waals surface area contributed by atoms with Crippen LogP contribution < -0.4 is 5.73 Å². The number of benzene rings is 1. The normalized spacial score (nSPS) is 14.8. The van der Waals surface area contributed by atoms with Crippen molar-refractivity contribution in [1.82, 2.24) is 4.90 Å². The van der Waals surface area contributed by atoms with Crippen molar-refractivity contribution in [2.45, 2.75) is 46.2 Å². The van der Waals surface area contributed by atoms with Crippen LogP contribution in [0.15, 0.2) is 18.2 Å². The van der Waals surface area contributed by atoms with E-state index in [0.29, 0.717) is 12.6 Å². The monoisotopic (exact) mass is 252 g/mol. The molecule has 0 fully saturated rings. The molecule has 0 bridgehead atoms. The van der Waals surface area contributed by atoms with E-state index in [4.69, 9.17) is 5.73 Å². The van der Waals surface area contributed by atoms with E-state index in [1.807, 2.05) is 13.0 Å². The van der Waals surface area contributed by atoms with Crippen molar-refractivity contribution in [3.63, 3.8) is 0 Å². The van der Waals surface area contributed by atoms with Gasteiger partial charge >= 0.3 is 0 Å². The van der Waals surface area contributed by atoms with Gasteiger partial charge in [-0.3, -0.25) is 4.90 Å². The molecule has 0 saturated heterocycles. The van der Waals surface area contributed by atoms with Crippen LogP contribution in [0.5, 0.6) is 0 Å². The van der Waals surface area contributed by atoms with Gasteiger partial charge in [0.15, 0.2) is 0 Å². The van der Waals surface area contributed by atoms with Gasteiger partial charge in [-0.05, 0) is 32.9 Å². The summed E-state index contributed by atoms with van der Waals surface area (Å²) < 4.78 is 14.0. The van der Waals surface area contributed by atoms with Crippen molar-refractivity contribution >= 4 is 0 Å². The minimum atomic E-state index is -0.155. The molecule has 1 rings (SSSR count). The van der Waals surface area contributed by atoms with Crippen molar-refractivity contribution < 1.29 is 4.39 Å². The Balaban J connectivity index is 3.10. The smallest absolute Gasteiger partial charge is 0.128 e. The molecule has 18 heavy (non-hydrogen) atoms. The third-order valence-corrected chi connectivity index (χ3v) is 3.66. The summed E-state index contributed by atoms with van der Waals surface area (Å²) in [4.78, 5) is 2.28. The number of hydrogen-bond donors (Lipinski definition) is 1. The number of hydrogen-bond acceptors (Lipinski definition) is 2. The number of nitrogens with two attached hydrogens (primary N) is 1. The molecule has 2 atom stereocenters. The van der Waals surface area contributed by atoms with Gasteiger partial charge in [-0.25, -0.2) is 4.39 Å². The summed E-state index contributed by atoms with van der Waals surface area (Å²) in [6.07, 6.45) is 1.04. The molecule has 3 heteroatoms. The van der Waals surface area contributed by atoms with Gasteiger partial charge in [0.05, 0.1) is 6.04 Å². The van der Waals surface area contributed by atoms with Gasteiger partial charge in [-0.15, -0.1) is 0 Å². The van der Waals surface area contributed by atoms with Crippen molar-refractivity contribution in [2.24, 2.45) is 5.73 Å². The number of halogens is 1. The Bertz CT molecular complexity index is 379. The quantitative estimate of drug-likeness (QED) is 0.842. The van der Waals surface area contributed by atoms with Crippen LogP contribution in [0, 0.1) is 12.7 Å². The van der Waals surface area contributed by atoms with Crippen LogP contribution in [0.25, 0.3) is 0 Å². The van der Waals surface area contributed by atoms with Crippen LogP contribution in [0.1, 0.15) is 44.4 Å². The molecule has 1 aromatic carbocycles. The molecule has 0 saturated carbocycles. The van der Waals surface area contributed by atoms with Gasteiger partial charge in [0.1, 0.15) is 5.82 Å². The average Bonchev–Trinajstić information content (AvgIpc) is 2.38. The lowest BCUT2D eigenvalue weighted by Gasteiger charge is -2.35. The molecule has 0 heterocycles. The standard InChI is InChI=1S/C15H25FN2/c1-5-12(4)18(6-2)15(10-17)13-9-11(3)7-8-14(13)16/h7-9,12,15H,5-6,10,17H2,1-4H3. The summed E-state index contributed by atoms with van der Waals surface area (Å²) in [5, 5.41) is 0. The number of likely N-dealkylation sites (N-methyl/N-ethyl adjacent to an activating group) is 1. The maximum Gasteiger partial charge on any atom is 0.128 e. The van der Waals surface area contributed by atoms with E-state index < -0.39 is 0 Å². The van der Waals surface area contributed by atoms with Gasteiger partial charge in [-0.1, -0.05) is 31.5 Å². The predicted molar refractivity (Wildman–Crippen MR) is 75.1 cm³/mol. The second-order valence-corrected chi connectivity index (χ2v) is 4.86. The molecule has 0 amide bonds. The summed E-state index contributed by atoms with van der Waals surface area (Å²) in [6, 6.07) is 5.62. The van der Waals surface area contributed by atoms with Crippen LogP contribution in [-0.2, 0) is 0 Å². The lowest BCUT2D eigenvalue weighted by atomic mass is 10.00. The molecule has 0 radical (unpaired) electrons. The Morgan fingerprint density at radius 3 is 2.50 bits per heavy atom. The van der Waals surface area contributed by atoms with E-state index in [1.54, 1.807) is 6.07 Å². The van der Waals surface area contributed by atoms with Crippen molar-refractivity contribution in [2.75, 3.05) is 13.1 Å². The second kappa shape index (κ2) is 6.86. The first-order valence-electron chi connectivity index (χ1n) is 6.76. The fraction of sp³-hybridized carbons (Fsp3) is 0.600. The highest BCUT2D eigenvalue weighted by atomic mass is 19.1. The highest BCUT2D eigenvalue weighted by Crippen LogP contribution is 2.26. The number of nitrogens with zero attached hydrogens (tertiary/aromatic N) is 1. The molecule has 0 aliphatic carbocycles. The summed E-state index contributed by atoms with van der Waals surface area (Å²) in [5.74, 6) is -0.155. The van der Waals surface area contributed by atoms with Crippen molar-refractivity contribution in [3.8, 4) is 0 Å². The van der Waals surface area contributed by atoms with E-state index in [0.717, 1.165) is 24.1 Å². The maximum absolute atomic E-state index is 14.0. The molecule has 0 aromatic heterocycles. The number of rotatable bonds is 6. The average molecular weight is 252 g/mol. The van der Waals surface area contributed by atoms with Gasteiger partial charge in [0.25, 0.3) is 0 Å². The zero-order valence-corrected chi connectivity index (χ0v) is 11.9. The minimum absolute atomic E-state index is 0.0372. The summed E-state index contributed by atoms with van der Waals surface area (Å²) in [6.45, 7) is 9.72. The molecular formula is C15H25FN2. The Morgan fingerprint density at radius 2 is 2.00 bits per heavy atom. The predicted octanol–water partition coefficient (Wildman–Crippen LogP) is 3.25. The van der Waals surface area contributed by atoms with Gasteiger partial charge in [0, 0.05) is 18.2 Å². The summed E-state index contributed by atoms with van der Waals surface area (Å²) >= 11 is 0. The highest BCUT2D eigenvalue weighted by molar-refractivity contribution is 5.27. The zero-order chi connectivity index (χ0) is 13.7. The minimum Gasteiger partial charge on any atom is -0.329 e. The molecule has 0 aliphatic rings. The fourth-order valence-electron chi connectivity index (χ4n) is 2.43. The van der Waals surface area contributed by atoms with Crippen LogP contribution >= 0.6 is 0 Å². The van der Waals surface area contributed by atoms with Gasteiger partial charge in [0.2, 0.25) is 0 Å². The fourth-order valence-corrected chi connectivity index (χ4v) is 2.43. The van der Waals surface area contributed by atoms with Crippen LogP contribution in [0.2, 0.25) is 0 Å². The molecule has 2 nitrogen and oxygen atoms in total. The van der Waals surface area contributed by atoms with E-state index in [9.17, 15) is 4.39 Å². The number of aryl methyl sites for hydroxylation is 1. The molecule has 1 aromatic rings. The second-order valence-electron chi connectivity index (χ2n) is 4.86. The van der Waals surface area contributed by atoms with E-state index in [2.05, 4.69) is 25.7 Å². The lowest BCUT2D eigenvalue weighted by molar-refractivity contribution is 0.149. The van der Waals surface area contributed by atoms with Crippen LogP contribution in [0.3, 0.4) is 0 Å². The molecule has 2 N–H and O–H groups in total. The molecule has 0 aliphatic heterocycles. The van der Waals surface area contributed by atoms with Gasteiger partial charge in [-0.2, -0.15) is 0 Å². The molecule has 102 valence electrons.